The van der Waals surface area contributed by atoms with Gasteiger partial charge >= 0.3 is 0 Å². The Morgan fingerprint density at radius 1 is 1.36 bits per heavy atom. The van der Waals surface area contributed by atoms with Crippen LogP contribution in [-0.4, -0.2) is 5.78 Å². The van der Waals surface area contributed by atoms with Crippen LogP contribution in [0, 0.1) is 11.3 Å². The summed E-state index contributed by atoms with van der Waals surface area (Å²) in [6.45, 7) is 2.19. The van der Waals surface area contributed by atoms with Gasteiger partial charge in [-0.1, -0.05) is 19.8 Å². The van der Waals surface area contributed by atoms with Gasteiger partial charge in [0.25, 0.3) is 0 Å². The summed E-state index contributed by atoms with van der Waals surface area (Å²) in [6, 6.07) is 0. The summed E-state index contributed by atoms with van der Waals surface area (Å²) >= 11 is 0. The minimum absolute atomic E-state index is 0.109. The molecule has 2 atom stereocenters. The van der Waals surface area contributed by atoms with Crippen molar-refractivity contribution in [3.05, 3.63) is 0 Å². The fourth-order valence-corrected chi connectivity index (χ4v) is 2.83. The lowest BCUT2D eigenvalue weighted by molar-refractivity contribution is -0.127. The zero-order chi connectivity index (χ0) is 7.90. The molecule has 62 valence electrons. The molecule has 0 aromatic heterocycles. The molecule has 0 N–H and O–H groups in total. The third-order valence-electron chi connectivity index (χ3n) is 3.76. The molecule has 2 aliphatic rings. The van der Waals surface area contributed by atoms with Crippen molar-refractivity contribution in [2.24, 2.45) is 11.3 Å². The molecule has 2 fully saturated rings. The van der Waals surface area contributed by atoms with Crippen molar-refractivity contribution >= 4 is 5.78 Å². The maximum absolute atomic E-state index is 11.5. The van der Waals surface area contributed by atoms with Crippen LogP contribution in [0.3, 0.4) is 0 Å². The SMILES string of the molecule is C[C@@]12CCCC[C@H]1CCC2=O. The van der Waals surface area contributed by atoms with Crippen LogP contribution in [0.5, 0.6) is 0 Å². The van der Waals surface area contributed by atoms with Gasteiger partial charge in [-0.05, 0) is 25.2 Å². The quantitative estimate of drug-likeness (QED) is 0.521. The predicted octanol–water partition coefficient (Wildman–Crippen LogP) is 2.55. The maximum atomic E-state index is 11.5. The Kier molecular flexibility index (Phi) is 1.55. The first-order chi connectivity index (χ1) is 5.23. The molecule has 1 heteroatoms. The molecular formula is C10H16O. The van der Waals surface area contributed by atoms with Crippen molar-refractivity contribution in [2.45, 2.75) is 45.4 Å². The molecular weight excluding hydrogens is 136 g/mol. The van der Waals surface area contributed by atoms with Gasteiger partial charge in [-0.2, -0.15) is 0 Å². The molecule has 0 aromatic carbocycles. The molecule has 11 heavy (non-hydrogen) atoms. The van der Waals surface area contributed by atoms with Crippen molar-refractivity contribution in [3.8, 4) is 0 Å². The third-order valence-corrected chi connectivity index (χ3v) is 3.76. The van der Waals surface area contributed by atoms with E-state index in [0.717, 1.165) is 18.8 Å². The van der Waals surface area contributed by atoms with Crippen molar-refractivity contribution in [1.29, 1.82) is 0 Å². The fraction of sp³-hybridized carbons (Fsp3) is 0.900. The molecule has 0 unspecified atom stereocenters. The van der Waals surface area contributed by atoms with E-state index in [0.29, 0.717) is 5.78 Å². The average Bonchev–Trinajstić information content (AvgIpc) is 2.29. The molecule has 2 rings (SSSR count). The lowest BCUT2D eigenvalue weighted by Gasteiger charge is -2.34. The minimum atomic E-state index is 0.109. The molecule has 0 amide bonds. The summed E-state index contributed by atoms with van der Waals surface area (Å²) in [5.74, 6) is 1.28. The van der Waals surface area contributed by atoms with E-state index in [9.17, 15) is 4.79 Å². The van der Waals surface area contributed by atoms with Gasteiger partial charge in [0.1, 0.15) is 5.78 Å². The number of ketones is 1. The smallest absolute Gasteiger partial charge is 0.139 e. The number of carbonyl (C=O) groups excluding carboxylic acids is 1. The second-order valence-corrected chi connectivity index (χ2v) is 4.32. The van der Waals surface area contributed by atoms with Crippen LogP contribution in [0.4, 0.5) is 0 Å². The summed E-state index contributed by atoms with van der Waals surface area (Å²) in [4.78, 5) is 11.5. The van der Waals surface area contributed by atoms with Crippen LogP contribution in [-0.2, 0) is 4.79 Å². The van der Waals surface area contributed by atoms with Gasteiger partial charge in [0.15, 0.2) is 0 Å². The molecule has 0 saturated heterocycles. The molecule has 0 aliphatic heterocycles. The lowest BCUT2D eigenvalue weighted by atomic mass is 9.69. The molecule has 0 heterocycles. The Balaban J connectivity index is 2.23. The van der Waals surface area contributed by atoms with E-state index in [1.807, 2.05) is 0 Å². The van der Waals surface area contributed by atoms with Gasteiger partial charge in [-0.25, -0.2) is 0 Å². The minimum Gasteiger partial charge on any atom is -0.299 e. The zero-order valence-electron chi connectivity index (χ0n) is 7.23. The normalized spacial score (nSPS) is 44.1. The van der Waals surface area contributed by atoms with Gasteiger partial charge < -0.3 is 0 Å². The summed E-state index contributed by atoms with van der Waals surface area (Å²) in [5.41, 5.74) is 0.109. The molecule has 2 saturated carbocycles. The van der Waals surface area contributed by atoms with E-state index < -0.39 is 0 Å². The second-order valence-electron chi connectivity index (χ2n) is 4.32. The molecule has 1 nitrogen and oxygen atoms in total. The molecule has 0 spiro atoms. The van der Waals surface area contributed by atoms with Crippen LogP contribution in [0.25, 0.3) is 0 Å². The number of fused-ring (bicyclic) bond motifs is 1. The highest BCUT2D eigenvalue weighted by Gasteiger charge is 2.46. The fourth-order valence-electron chi connectivity index (χ4n) is 2.83. The lowest BCUT2D eigenvalue weighted by Crippen LogP contribution is -2.31. The topological polar surface area (TPSA) is 17.1 Å². The number of carbonyl (C=O) groups is 1. The first-order valence-electron chi connectivity index (χ1n) is 4.77. The van der Waals surface area contributed by atoms with E-state index in [-0.39, 0.29) is 5.41 Å². The van der Waals surface area contributed by atoms with Crippen molar-refractivity contribution in [3.63, 3.8) is 0 Å². The van der Waals surface area contributed by atoms with Crippen LogP contribution in [0.2, 0.25) is 0 Å². The summed E-state index contributed by atoms with van der Waals surface area (Å²) in [6.07, 6.45) is 7.14. The number of hydrogen-bond acceptors (Lipinski definition) is 1. The largest absolute Gasteiger partial charge is 0.299 e. The second kappa shape index (κ2) is 2.33. The van der Waals surface area contributed by atoms with E-state index in [1.54, 1.807) is 0 Å². The van der Waals surface area contributed by atoms with Gasteiger partial charge in [0.05, 0.1) is 0 Å². The van der Waals surface area contributed by atoms with Gasteiger partial charge in [-0.15, -0.1) is 0 Å². The van der Waals surface area contributed by atoms with E-state index in [1.165, 1.54) is 25.7 Å². The zero-order valence-corrected chi connectivity index (χ0v) is 7.23. The van der Waals surface area contributed by atoms with Gasteiger partial charge in [0, 0.05) is 11.8 Å². The van der Waals surface area contributed by atoms with Crippen LogP contribution < -0.4 is 0 Å². The third kappa shape index (κ3) is 0.935. The van der Waals surface area contributed by atoms with E-state index in [4.69, 9.17) is 0 Å². The Bertz CT molecular complexity index is 185. The Morgan fingerprint density at radius 3 is 2.91 bits per heavy atom. The number of Topliss-reactive ketones (excluding diaryl/α,β-unsaturated/α-hetero) is 1. The highest BCUT2D eigenvalue weighted by Crippen LogP contribution is 2.49. The van der Waals surface area contributed by atoms with Crippen molar-refractivity contribution in [2.75, 3.05) is 0 Å². The summed E-state index contributed by atoms with van der Waals surface area (Å²) < 4.78 is 0. The Morgan fingerprint density at radius 2 is 2.18 bits per heavy atom. The Hall–Kier alpha value is -0.330. The van der Waals surface area contributed by atoms with Gasteiger partial charge in [0.2, 0.25) is 0 Å². The van der Waals surface area contributed by atoms with Crippen molar-refractivity contribution in [1.82, 2.24) is 0 Å². The monoisotopic (exact) mass is 152 g/mol. The van der Waals surface area contributed by atoms with Crippen LogP contribution >= 0.6 is 0 Å². The molecule has 0 bridgehead atoms. The highest BCUT2D eigenvalue weighted by molar-refractivity contribution is 5.87. The van der Waals surface area contributed by atoms with E-state index >= 15 is 0 Å². The highest BCUT2D eigenvalue weighted by atomic mass is 16.1. The molecule has 2 aliphatic carbocycles. The van der Waals surface area contributed by atoms with Gasteiger partial charge in [-0.3, -0.25) is 4.79 Å². The molecule has 0 radical (unpaired) electrons. The van der Waals surface area contributed by atoms with E-state index in [2.05, 4.69) is 6.92 Å². The standard InChI is InChI=1S/C10H16O/c1-10-7-3-2-4-8(10)5-6-9(10)11/h8H,2-7H2,1H3/t8-,10+/m0/s1. The maximum Gasteiger partial charge on any atom is 0.139 e. The van der Waals surface area contributed by atoms with Crippen molar-refractivity contribution < 1.29 is 4.79 Å². The number of rotatable bonds is 0. The first kappa shape index (κ1) is 7.33. The van der Waals surface area contributed by atoms with Crippen LogP contribution in [0.15, 0.2) is 0 Å². The average molecular weight is 152 g/mol. The summed E-state index contributed by atoms with van der Waals surface area (Å²) in [7, 11) is 0. The predicted molar refractivity (Wildman–Crippen MR) is 44.3 cm³/mol. The first-order valence-corrected chi connectivity index (χ1v) is 4.77. The van der Waals surface area contributed by atoms with Crippen LogP contribution in [0.1, 0.15) is 45.4 Å². The summed E-state index contributed by atoms with van der Waals surface area (Å²) in [5, 5.41) is 0. The Labute approximate surface area is 68.2 Å². The molecule has 0 aromatic rings. The number of hydrogen-bond donors (Lipinski definition) is 0.